The van der Waals surface area contributed by atoms with E-state index >= 15 is 0 Å². The molecule has 2 saturated heterocycles. The zero-order chi connectivity index (χ0) is 14.4. The van der Waals surface area contributed by atoms with Crippen molar-refractivity contribution in [3.63, 3.8) is 0 Å². The highest BCUT2D eigenvalue weighted by Gasteiger charge is 2.33. The quantitative estimate of drug-likeness (QED) is 0.699. The minimum Gasteiger partial charge on any atom is -0.380 e. The molecule has 2 aliphatic rings. The summed E-state index contributed by atoms with van der Waals surface area (Å²) in [6.07, 6.45) is 2.16. The molecule has 0 spiro atoms. The van der Waals surface area contributed by atoms with E-state index in [-0.39, 0.29) is 6.04 Å². The predicted octanol–water partition coefficient (Wildman–Crippen LogP) is 1.70. The van der Waals surface area contributed by atoms with Gasteiger partial charge in [0.1, 0.15) is 0 Å². The number of hydrogen-bond donors (Lipinski definition) is 0. The van der Waals surface area contributed by atoms with Crippen molar-refractivity contribution in [1.82, 2.24) is 9.80 Å². The van der Waals surface area contributed by atoms with E-state index in [0.717, 1.165) is 63.7 Å². The van der Waals surface area contributed by atoms with Gasteiger partial charge in [-0.3, -0.25) is 9.69 Å². The molecule has 0 bridgehead atoms. The first kappa shape index (κ1) is 16.1. The lowest BCUT2D eigenvalue weighted by Crippen LogP contribution is -2.49. The summed E-state index contributed by atoms with van der Waals surface area (Å²) in [4.78, 5) is 17.0. The van der Waals surface area contributed by atoms with Gasteiger partial charge in [0, 0.05) is 37.7 Å². The molecule has 2 rings (SSSR count). The lowest BCUT2D eigenvalue weighted by atomic mass is 10.2. The van der Waals surface area contributed by atoms with Gasteiger partial charge in [-0.1, -0.05) is 13.8 Å². The second-order valence-corrected chi connectivity index (χ2v) is 7.33. The van der Waals surface area contributed by atoms with Crippen molar-refractivity contribution < 1.29 is 9.53 Å². The number of ether oxygens (including phenoxy) is 1. The largest absolute Gasteiger partial charge is 0.380 e. The highest BCUT2D eigenvalue weighted by Crippen LogP contribution is 2.20. The van der Waals surface area contributed by atoms with Crippen LogP contribution >= 0.6 is 11.8 Å². The summed E-state index contributed by atoms with van der Waals surface area (Å²) < 4.78 is 5.66. The van der Waals surface area contributed by atoms with Gasteiger partial charge in [-0.25, -0.2) is 0 Å². The first-order valence-corrected chi connectivity index (χ1v) is 9.02. The van der Waals surface area contributed by atoms with Gasteiger partial charge >= 0.3 is 0 Å². The number of thioether (sulfide) groups is 1. The molecule has 1 atom stereocenters. The Morgan fingerprint density at radius 1 is 1.30 bits per heavy atom. The molecule has 0 aromatic carbocycles. The Morgan fingerprint density at radius 2 is 2.05 bits per heavy atom. The maximum absolute atomic E-state index is 12.6. The van der Waals surface area contributed by atoms with E-state index in [9.17, 15) is 4.79 Å². The SMILES string of the molecule is CC(C)COCCN1CCCC1C(=O)N1CCSCC1. The second kappa shape index (κ2) is 8.25. The van der Waals surface area contributed by atoms with Crippen LogP contribution in [-0.4, -0.2) is 72.6 Å². The van der Waals surface area contributed by atoms with Gasteiger partial charge in [0.05, 0.1) is 12.6 Å². The molecule has 2 heterocycles. The van der Waals surface area contributed by atoms with E-state index in [1.165, 1.54) is 0 Å². The Kier molecular flexibility index (Phi) is 6.65. The van der Waals surface area contributed by atoms with Crippen molar-refractivity contribution in [3.8, 4) is 0 Å². The Bertz CT molecular complexity index is 306. The van der Waals surface area contributed by atoms with Gasteiger partial charge in [-0.15, -0.1) is 0 Å². The number of rotatable bonds is 6. The summed E-state index contributed by atoms with van der Waals surface area (Å²) >= 11 is 1.95. The molecule has 4 nitrogen and oxygen atoms in total. The van der Waals surface area contributed by atoms with Gasteiger partial charge < -0.3 is 9.64 Å². The first-order valence-electron chi connectivity index (χ1n) is 7.87. The van der Waals surface area contributed by atoms with Crippen LogP contribution in [0.1, 0.15) is 26.7 Å². The third kappa shape index (κ3) is 4.64. The fourth-order valence-electron chi connectivity index (χ4n) is 2.87. The van der Waals surface area contributed by atoms with E-state index < -0.39 is 0 Å². The smallest absolute Gasteiger partial charge is 0.239 e. The van der Waals surface area contributed by atoms with Crippen LogP contribution in [0.25, 0.3) is 0 Å². The number of nitrogens with zero attached hydrogens (tertiary/aromatic N) is 2. The lowest BCUT2D eigenvalue weighted by Gasteiger charge is -2.32. The molecule has 0 saturated carbocycles. The lowest BCUT2D eigenvalue weighted by molar-refractivity contribution is -0.135. The minimum atomic E-state index is 0.112. The van der Waals surface area contributed by atoms with Gasteiger partial charge in [0.25, 0.3) is 0 Å². The summed E-state index contributed by atoms with van der Waals surface area (Å²) in [5.74, 6) is 3.12. The standard InChI is InChI=1S/C15H28N2O2S/c1-13(2)12-19-9-6-16-5-3-4-14(16)15(18)17-7-10-20-11-8-17/h13-14H,3-12H2,1-2H3. The molecule has 0 aromatic heterocycles. The normalized spacial score (nSPS) is 24.6. The van der Waals surface area contributed by atoms with Crippen LogP contribution in [-0.2, 0) is 9.53 Å². The third-order valence-corrected chi connectivity index (χ3v) is 4.89. The van der Waals surface area contributed by atoms with Crippen LogP contribution in [0.2, 0.25) is 0 Å². The summed E-state index contributed by atoms with van der Waals surface area (Å²) in [6, 6.07) is 0.112. The maximum atomic E-state index is 12.6. The fourth-order valence-corrected chi connectivity index (χ4v) is 3.77. The topological polar surface area (TPSA) is 32.8 Å². The monoisotopic (exact) mass is 300 g/mol. The maximum Gasteiger partial charge on any atom is 0.239 e. The highest BCUT2D eigenvalue weighted by molar-refractivity contribution is 7.99. The zero-order valence-corrected chi connectivity index (χ0v) is 13.7. The summed E-state index contributed by atoms with van der Waals surface area (Å²) in [5.41, 5.74) is 0. The van der Waals surface area contributed by atoms with Crippen molar-refractivity contribution in [1.29, 1.82) is 0 Å². The number of likely N-dealkylation sites (tertiary alicyclic amines) is 1. The van der Waals surface area contributed by atoms with E-state index in [0.29, 0.717) is 11.8 Å². The third-order valence-electron chi connectivity index (χ3n) is 3.95. The summed E-state index contributed by atoms with van der Waals surface area (Å²) in [7, 11) is 0. The van der Waals surface area contributed by atoms with Gasteiger partial charge in [0.2, 0.25) is 5.91 Å². The van der Waals surface area contributed by atoms with E-state index in [2.05, 4.69) is 23.6 Å². The average Bonchev–Trinajstić information content (AvgIpc) is 2.92. The average molecular weight is 300 g/mol. The molecule has 5 heteroatoms. The second-order valence-electron chi connectivity index (χ2n) is 6.10. The summed E-state index contributed by atoms with van der Waals surface area (Å²) in [6.45, 7) is 9.69. The molecule has 2 aliphatic heterocycles. The van der Waals surface area contributed by atoms with Crippen LogP contribution in [0, 0.1) is 5.92 Å². The molecule has 0 N–H and O–H groups in total. The highest BCUT2D eigenvalue weighted by atomic mass is 32.2. The fraction of sp³-hybridized carbons (Fsp3) is 0.933. The molecule has 20 heavy (non-hydrogen) atoms. The van der Waals surface area contributed by atoms with Gasteiger partial charge in [-0.2, -0.15) is 11.8 Å². The number of carbonyl (C=O) groups is 1. The van der Waals surface area contributed by atoms with Crippen molar-refractivity contribution in [2.45, 2.75) is 32.7 Å². The van der Waals surface area contributed by atoms with Crippen molar-refractivity contribution >= 4 is 17.7 Å². The Balaban J connectivity index is 1.76. The van der Waals surface area contributed by atoms with E-state index in [1.54, 1.807) is 0 Å². The molecule has 0 radical (unpaired) electrons. The summed E-state index contributed by atoms with van der Waals surface area (Å²) in [5, 5.41) is 0. The van der Waals surface area contributed by atoms with Crippen LogP contribution in [0.5, 0.6) is 0 Å². The molecule has 0 aliphatic carbocycles. The zero-order valence-electron chi connectivity index (χ0n) is 12.8. The number of hydrogen-bond acceptors (Lipinski definition) is 4. The molecule has 1 unspecified atom stereocenters. The Hall–Kier alpha value is -0.260. The molecule has 0 aromatic rings. The van der Waals surface area contributed by atoms with Crippen molar-refractivity contribution in [2.75, 3.05) is 50.9 Å². The number of carbonyl (C=O) groups excluding carboxylic acids is 1. The molecular formula is C15H28N2O2S. The van der Waals surface area contributed by atoms with Crippen LogP contribution in [0.15, 0.2) is 0 Å². The Labute approximate surface area is 127 Å². The van der Waals surface area contributed by atoms with E-state index in [1.807, 2.05) is 11.8 Å². The minimum absolute atomic E-state index is 0.112. The Morgan fingerprint density at radius 3 is 2.75 bits per heavy atom. The van der Waals surface area contributed by atoms with Gasteiger partial charge in [-0.05, 0) is 25.3 Å². The first-order chi connectivity index (χ1) is 9.68. The van der Waals surface area contributed by atoms with Gasteiger partial charge in [0.15, 0.2) is 0 Å². The predicted molar refractivity (Wildman–Crippen MR) is 84.2 cm³/mol. The van der Waals surface area contributed by atoms with Crippen LogP contribution in [0.3, 0.4) is 0 Å². The molecule has 1 amide bonds. The number of amides is 1. The van der Waals surface area contributed by atoms with Crippen LogP contribution < -0.4 is 0 Å². The molecule has 116 valence electrons. The van der Waals surface area contributed by atoms with Crippen LogP contribution in [0.4, 0.5) is 0 Å². The van der Waals surface area contributed by atoms with E-state index in [4.69, 9.17) is 4.74 Å². The molecule has 2 fully saturated rings. The molecular weight excluding hydrogens is 272 g/mol. The van der Waals surface area contributed by atoms with Crippen molar-refractivity contribution in [3.05, 3.63) is 0 Å². The van der Waals surface area contributed by atoms with Crippen molar-refractivity contribution in [2.24, 2.45) is 5.92 Å².